The minimum absolute atomic E-state index is 0.223. The molecule has 0 aromatic rings. The Labute approximate surface area is 90.8 Å². The zero-order valence-electron chi connectivity index (χ0n) is 9.14. The van der Waals surface area contributed by atoms with Gasteiger partial charge < -0.3 is 14.9 Å². The van der Waals surface area contributed by atoms with Crippen molar-refractivity contribution >= 4 is 0 Å². The number of nitrogens with zero attached hydrogens (tertiary/aromatic N) is 1. The van der Waals surface area contributed by atoms with Crippen molar-refractivity contribution in [2.24, 2.45) is 5.92 Å². The lowest BCUT2D eigenvalue weighted by molar-refractivity contribution is -0.0493. The van der Waals surface area contributed by atoms with Crippen LogP contribution in [0.25, 0.3) is 0 Å². The second-order valence-electron chi connectivity index (χ2n) is 4.66. The Morgan fingerprint density at radius 2 is 2.20 bits per heavy atom. The number of aliphatic hydroxyl groups is 2. The molecule has 15 heavy (non-hydrogen) atoms. The van der Waals surface area contributed by atoms with Gasteiger partial charge in [0.25, 0.3) is 0 Å². The molecule has 2 saturated heterocycles. The molecule has 0 saturated carbocycles. The van der Waals surface area contributed by atoms with Gasteiger partial charge in [0.15, 0.2) is 0 Å². The van der Waals surface area contributed by atoms with Gasteiger partial charge in [0, 0.05) is 25.1 Å². The van der Waals surface area contributed by atoms with E-state index in [1.807, 2.05) is 0 Å². The molecule has 2 fully saturated rings. The normalized spacial score (nSPS) is 38.4. The van der Waals surface area contributed by atoms with Gasteiger partial charge in [-0.05, 0) is 25.8 Å². The highest BCUT2D eigenvalue weighted by atomic mass is 16.5. The van der Waals surface area contributed by atoms with Crippen molar-refractivity contribution in [3.05, 3.63) is 0 Å². The van der Waals surface area contributed by atoms with Crippen LogP contribution in [0.15, 0.2) is 0 Å². The molecule has 2 rings (SSSR count). The summed E-state index contributed by atoms with van der Waals surface area (Å²) in [5.41, 5.74) is 0. The molecule has 0 aliphatic carbocycles. The summed E-state index contributed by atoms with van der Waals surface area (Å²) in [4.78, 5) is 2.29. The summed E-state index contributed by atoms with van der Waals surface area (Å²) in [5, 5.41) is 19.0. The largest absolute Gasteiger partial charge is 0.395 e. The number of rotatable bonds is 3. The predicted molar refractivity (Wildman–Crippen MR) is 56.6 cm³/mol. The van der Waals surface area contributed by atoms with Crippen molar-refractivity contribution in [2.45, 2.75) is 31.4 Å². The summed E-state index contributed by atoms with van der Waals surface area (Å²) in [6.07, 6.45) is 2.77. The van der Waals surface area contributed by atoms with Crippen molar-refractivity contribution in [3.8, 4) is 0 Å². The van der Waals surface area contributed by atoms with Gasteiger partial charge in [-0.2, -0.15) is 0 Å². The molecular weight excluding hydrogens is 194 g/mol. The van der Waals surface area contributed by atoms with E-state index in [4.69, 9.17) is 4.74 Å². The Bertz CT molecular complexity index is 200. The van der Waals surface area contributed by atoms with Crippen molar-refractivity contribution in [3.63, 3.8) is 0 Å². The lowest BCUT2D eigenvalue weighted by Gasteiger charge is -2.33. The van der Waals surface area contributed by atoms with Crippen LogP contribution in [0, 0.1) is 5.92 Å². The third kappa shape index (κ3) is 2.69. The summed E-state index contributed by atoms with van der Waals surface area (Å²) >= 11 is 0. The summed E-state index contributed by atoms with van der Waals surface area (Å²) < 4.78 is 5.38. The molecule has 4 nitrogen and oxygen atoms in total. The molecule has 2 aliphatic heterocycles. The smallest absolute Gasteiger partial charge is 0.0624 e. The molecule has 2 heterocycles. The summed E-state index contributed by atoms with van der Waals surface area (Å²) in [5.74, 6) is 0.228. The van der Waals surface area contributed by atoms with Gasteiger partial charge in [-0.15, -0.1) is 0 Å². The number of hydrogen-bond acceptors (Lipinski definition) is 4. The highest BCUT2D eigenvalue weighted by molar-refractivity contribution is 4.83. The van der Waals surface area contributed by atoms with Gasteiger partial charge in [-0.25, -0.2) is 0 Å². The first-order valence-electron chi connectivity index (χ1n) is 5.92. The van der Waals surface area contributed by atoms with Crippen LogP contribution in [0.5, 0.6) is 0 Å². The molecule has 3 atom stereocenters. The molecule has 0 aromatic heterocycles. The van der Waals surface area contributed by atoms with Crippen LogP contribution < -0.4 is 0 Å². The number of aliphatic hydroxyl groups excluding tert-OH is 2. The molecule has 3 unspecified atom stereocenters. The second kappa shape index (κ2) is 5.25. The van der Waals surface area contributed by atoms with E-state index in [0.29, 0.717) is 19.3 Å². The molecule has 0 aromatic carbocycles. The Kier molecular flexibility index (Phi) is 3.97. The fourth-order valence-corrected chi connectivity index (χ4v) is 2.60. The first-order chi connectivity index (χ1) is 7.31. The van der Waals surface area contributed by atoms with Crippen LogP contribution in [0.2, 0.25) is 0 Å². The van der Waals surface area contributed by atoms with E-state index in [-0.39, 0.29) is 18.6 Å². The average Bonchev–Trinajstić information content (AvgIpc) is 2.69. The number of hydrogen-bond donors (Lipinski definition) is 2. The SMILES string of the molecule is OCC1CCCN1CC1COCCC1O. The van der Waals surface area contributed by atoms with Crippen molar-refractivity contribution in [1.82, 2.24) is 4.90 Å². The third-order valence-corrected chi connectivity index (χ3v) is 3.61. The highest BCUT2D eigenvalue weighted by Gasteiger charge is 2.30. The van der Waals surface area contributed by atoms with Crippen molar-refractivity contribution < 1.29 is 14.9 Å². The maximum absolute atomic E-state index is 9.82. The van der Waals surface area contributed by atoms with Gasteiger partial charge >= 0.3 is 0 Å². The van der Waals surface area contributed by atoms with Crippen LogP contribution in [-0.4, -0.2) is 60.2 Å². The van der Waals surface area contributed by atoms with E-state index < -0.39 is 0 Å². The zero-order chi connectivity index (χ0) is 10.7. The summed E-state index contributed by atoms with van der Waals surface area (Å²) in [6, 6.07) is 0.305. The molecule has 0 radical (unpaired) electrons. The topological polar surface area (TPSA) is 52.9 Å². The molecule has 2 N–H and O–H groups in total. The lowest BCUT2D eigenvalue weighted by atomic mass is 9.98. The fourth-order valence-electron chi connectivity index (χ4n) is 2.60. The van der Waals surface area contributed by atoms with E-state index in [0.717, 1.165) is 32.4 Å². The predicted octanol–water partition coefficient (Wildman–Crippen LogP) is -0.160. The Balaban J connectivity index is 1.84. The summed E-state index contributed by atoms with van der Waals surface area (Å²) in [7, 11) is 0. The van der Waals surface area contributed by atoms with Crippen molar-refractivity contribution in [2.75, 3.05) is 32.9 Å². The van der Waals surface area contributed by atoms with Crippen LogP contribution in [0.1, 0.15) is 19.3 Å². The maximum Gasteiger partial charge on any atom is 0.0624 e. The first-order valence-corrected chi connectivity index (χ1v) is 5.92. The molecule has 2 aliphatic rings. The van der Waals surface area contributed by atoms with Gasteiger partial charge in [0.1, 0.15) is 0 Å². The maximum atomic E-state index is 9.82. The van der Waals surface area contributed by atoms with E-state index in [2.05, 4.69) is 4.90 Å². The summed E-state index contributed by atoms with van der Waals surface area (Å²) in [6.45, 7) is 3.50. The van der Waals surface area contributed by atoms with Crippen LogP contribution >= 0.6 is 0 Å². The monoisotopic (exact) mass is 215 g/mol. The van der Waals surface area contributed by atoms with E-state index in [9.17, 15) is 10.2 Å². The molecule has 0 spiro atoms. The average molecular weight is 215 g/mol. The molecule has 88 valence electrons. The van der Waals surface area contributed by atoms with Crippen LogP contribution in [0.4, 0.5) is 0 Å². The molecule has 0 bridgehead atoms. The standard InChI is InChI=1S/C11H21NO3/c13-7-10-2-1-4-12(10)6-9-8-15-5-3-11(9)14/h9-11,13-14H,1-8H2. The first kappa shape index (κ1) is 11.3. The molecule has 4 heteroatoms. The van der Waals surface area contributed by atoms with E-state index >= 15 is 0 Å². The minimum Gasteiger partial charge on any atom is -0.395 e. The van der Waals surface area contributed by atoms with Crippen LogP contribution in [0.3, 0.4) is 0 Å². The molecular formula is C11H21NO3. The Morgan fingerprint density at radius 3 is 2.93 bits per heavy atom. The third-order valence-electron chi connectivity index (χ3n) is 3.61. The number of ether oxygens (including phenoxy) is 1. The van der Waals surface area contributed by atoms with Crippen LogP contribution in [-0.2, 0) is 4.74 Å². The quantitative estimate of drug-likeness (QED) is 0.687. The molecule has 0 amide bonds. The van der Waals surface area contributed by atoms with Gasteiger partial charge in [-0.1, -0.05) is 0 Å². The fraction of sp³-hybridized carbons (Fsp3) is 1.00. The van der Waals surface area contributed by atoms with Crippen molar-refractivity contribution in [1.29, 1.82) is 0 Å². The van der Waals surface area contributed by atoms with E-state index in [1.165, 1.54) is 0 Å². The zero-order valence-corrected chi connectivity index (χ0v) is 9.14. The van der Waals surface area contributed by atoms with Gasteiger partial charge in [-0.3, -0.25) is 4.90 Å². The van der Waals surface area contributed by atoms with E-state index in [1.54, 1.807) is 0 Å². The number of likely N-dealkylation sites (tertiary alicyclic amines) is 1. The second-order valence-corrected chi connectivity index (χ2v) is 4.66. The minimum atomic E-state index is -0.223. The van der Waals surface area contributed by atoms with Gasteiger partial charge in [0.05, 0.1) is 19.3 Å². The van der Waals surface area contributed by atoms with Gasteiger partial charge in [0.2, 0.25) is 0 Å². The Morgan fingerprint density at radius 1 is 1.33 bits per heavy atom. The Hall–Kier alpha value is -0.160. The highest BCUT2D eigenvalue weighted by Crippen LogP contribution is 2.22. The lowest BCUT2D eigenvalue weighted by Crippen LogP contribution is -2.43.